The van der Waals surface area contributed by atoms with Crippen LogP contribution in [0.5, 0.6) is 5.75 Å². The Morgan fingerprint density at radius 2 is 2.25 bits per heavy atom. The maximum atomic E-state index is 11.9. The van der Waals surface area contributed by atoms with Crippen LogP contribution >= 0.6 is 0 Å². The topological polar surface area (TPSA) is 107 Å². The van der Waals surface area contributed by atoms with Crippen LogP contribution < -0.4 is 21.5 Å². The monoisotopic (exact) mass is 277 g/mol. The molecular formula is C14H19N3O3. The third kappa shape index (κ3) is 3.48. The lowest BCUT2D eigenvalue weighted by Gasteiger charge is -2.14. The van der Waals surface area contributed by atoms with Crippen LogP contribution in [-0.2, 0) is 4.79 Å². The highest BCUT2D eigenvalue weighted by Gasteiger charge is 2.18. The van der Waals surface area contributed by atoms with Crippen molar-refractivity contribution in [2.75, 3.05) is 13.2 Å². The molecule has 2 amide bonds. The van der Waals surface area contributed by atoms with Crippen LogP contribution in [0.1, 0.15) is 41.2 Å². The third-order valence-electron chi connectivity index (χ3n) is 3.26. The van der Waals surface area contributed by atoms with Gasteiger partial charge in [-0.05, 0) is 30.5 Å². The summed E-state index contributed by atoms with van der Waals surface area (Å²) in [6, 6.07) is 5.15. The van der Waals surface area contributed by atoms with Gasteiger partial charge in [0, 0.05) is 12.5 Å². The molecule has 2 rings (SSSR count). The first kappa shape index (κ1) is 14.3. The van der Waals surface area contributed by atoms with Gasteiger partial charge in [0.15, 0.2) is 0 Å². The molecule has 0 saturated carbocycles. The minimum Gasteiger partial charge on any atom is -0.491 e. The minimum absolute atomic E-state index is 0.149. The van der Waals surface area contributed by atoms with Gasteiger partial charge in [0.2, 0.25) is 5.91 Å². The van der Waals surface area contributed by atoms with Gasteiger partial charge in [-0.25, -0.2) is 0 Å². The molecule has 1 unspecified atom stereocenters. The van der Waals surface area contributed by atoms with Crippen LogP contribution in [0.25, 0.3) is 0 Å². The number of nitrogens with two attached hydrogens (primary N) is 2. The quantitative estimate of drug-likeness (QED) is 0.726. The maximum Gasteiger partial charge on any atom is 0.255 e. The predicted molar refractivity (Wildman–Crippen MR) is 74.2 cm³/mol. The van der Waals surface area contributed by atoms with Crippen LogP contribution in [0.4, 0.5) is 0 Å². The van der Waals surface area contributed by atoms with Gasteiger partial charge in [-0.2, -0.15) is 0 Å². The van der Waals surface area contributed by atoms with Gasteiger partial charge in [-0.3, -0.25) is 9.59 Å². The number of ether oxygens (including phenoxy) is 1. The number of hydrogen-bond donors (Lipinski definition) is 3. The molecule has 0 spiro atoms. The van der Waals surface area contributed by atoms with E-state index in [1.165, 1.54) is 0 Å². The molecule has 0 aliphatic carbocycles. The number of carbonyl (C=O) groups excluding carboxylic acids is 2. The Labute approximate surface area is 117 Å². The zero-order valence-corrected chi connectivity index (χ0v) is 11.2. The standard InChI is InChI=1S/C14H19N3O3/c15-11(2-1-3-13(16)18)9-4-5-12-10(8-9)14(19)17-6-7-20-12/h4-5,8,11H,1-3,6-7,15H2,(H2,16,18)(H,17,19). The summed E-state index contributed by atoms with van der Waals surface area (Å²) in [6.07, 6.45) is 1.60. The number of fused-ring (bicyclic) bond motifs is 1. The van der Waals surface area contributed by atoms with Gasteiger partial charge in [0.25, 0.3) is 5.91 Å². The smallest absolute Gasteiger partial charge is 0.255 e. The number of carbonyl (C=O) groups is 2. The molecule has 1 aliphatic rings. The lowest BCUT2D eigenvalue weighted by atomic mass is 9.99. The Balaban J connectivity index is 2.09. The summed E-state index contributed by atoms with van der Waals surface area (Å²) in [4.78, 5) is 22.6. The number of nitrogens with one attached hydrogen (secondary N) is 1. The molecule has 108 valence electrons. The SMILES string of the molecule is NC(=O)CCCC(N)c1ccc2c(c1)C(=O)NCCO2. The van der Waals surface area contributed by atoms with E-state index >= 15 is 0 Å². The predicted octanol–water partition coefficient (Wildman–Crippen LogP) is 0.464. The van der Waals surface area contributed by atoms with Crippen LogP contribution in [0.2, 0.25) is 0 Å². The van der Waals surface area contributed by atoms with E-state index < -0.39 is 0 Å². The fourth-order valence-corrected chi connectivity index (χ4v) is 2.17. The first-order valence-corrected chi connectivity index (χ1v) is 6.67. The second-order valence-corrected chi connectivity index (χ2v) is 4.82. The summed E-state index contributed by atoms with van der Waals surface area (Å²) >= 11 is 0. The zero-order valence-electron chi connectivity index (χ0n) is 11.2. The van der Waals surface area contributed by atoms with Crippen molar-refractivity contribution in [3.05, 3.63) is 29.3 Å². The van der Waals surface area contributed by atoms with Crippen molar-refractivity contribution >= 4 is 11.8 Å². The highest BCUT2D eigenvalue weighted by Crippen LogP contribution is 2.25. The van der Waals surface area contributed by atoms with Crippen molar-refractivity contribution in [2.24, 2.45) is 11.5 Å². The molecule has 0 bridgehead atoms. The first-order valence-electron chi connectivity index (χ1n) is 6.67. The van der Waals surface area contributed by atoms with Gasteiger partial charge in [0.05, 0.1) is 12.1 Å². The third-order valence-corrected chi connectivity index (χ3v) is 3.26. The number of rotatable bonds is 5. The highest BCUT2D eigenvalue weighted by atomic mass is 16.5. The van der Waals surface area contributed by atoms with Gasteiger partial charge < -0.3 is 21.5 Å². The Morgan fingerprint density at radius 1 is 1.45 bits per heavy atom. The second kappa shape index (κ2) is 6.38. The Kier molecular flexibility index (Phi) is 4.57. The number of amides is 2. The van der Waals surface area contributed by atoms with E-state index in [1.807, 2.05) is 6.07 Å². The molecule has 1 aromatic rings. The average molecular weight is 277 g/mol. The molecule has 0 fully saturated rings. The summed E-state index contributed by atoms with van der Waals surface area (Å²) in [5.41, 5.74) is 12.5. The highest BCUT2D eigenvalue weighted by molar-refractivity contribution is 5.97. The van der Waals surface area contributed by atoms with Crippen LogP contribution in [0.3, 0.4) is 0 Å². The zero-order chi connectivity index (χ0) is 14.5. The summed E-state index contributed by atoms with van der Waals surface area (Å²) in [5.74, 6) is 0.101. The number of primary amides is 1. The summed E-state index contributed by atoms with van der Waals surface area (Å²) < 4.78 is 5.48. The van der Waals surface area contributed by atoms with Crippen LogP contribution in [0, 0.1) is 0 Å². The van der Waals surface area contributed by atoms with E-state index in [1.54, 1.807) is 12.1 Å². The lowest BCUT2D eigenvalue weighted by Crippen LogP contribution is -2.24. The first-order chi connectivity index (χ1) is 9.58. The van der Waals surface area contributed by atoms with E-state index in [2.05, 4.69) is 5.32 Å². The van der Waals surface area contributed by atoms with Crippen LogP contribution in [0.15, 0.2) is 18.2 Å². The van der Waals surface area contributed by atoms with Crippen molar-refractivity contribution in [1.82, 2.24) is 5.32 Å². The largest absolute Gasteiger partial charge is 0.491 e. The maximum absolute atomic E-state index is 11.9. The molecule has 5 N–H and O–H groups in total. The minimum atomic E-state index is -0.327. The summed E-state index contributed by atoms with van der Waals surface area (Å²) in [7, 11) is 0. The van der Waals surface area contributed by atoms with Gasteiger partial charge >= 0.3 is 0 Å². The second-order valence-electron chi connectivity index (χ2n) is 4.82. The van der Waals surface area contributed by atoms with E-state index in [0.29, 0.717) is 43.7 Å². The summed E-state index contributed by atoms with van der Waals surface area (Å²) in [6.45, 7) is 0.955. The molecule has 1 heterocycles. The van der Waals surface area contributed by atoms with Crippen molar-refractivity contribution < 1.29 is 14.3 Å². The fourth-order valence-electron chi connectivity index (χ4n) is 2.17. The van der Waals surface area contributed by atoms with Crippen molar-refractivity contribution in [3.63, 3.8) is 0 Å². The fraction of sp³-hybridized carbons (Fsp3) is 0.429. The van der Waals surface area contributed by atoms with Crippen molar-refractivity contribution in [2.45, 2.75) is 25.3 Å². The molecule has 0 saturated heterocycles. The lowest BCUT2D eigenvalue weighted by molar-refractivity contribution is -0.118. The molecule has 0 aromatic heterocycles. The van der Waals surface area contributed by atoms with Crippen molar-refractivity contribution in [1.29, 1.82) is 0 Å². The van der Waals surface area contributed by atoms with E-state index in [4.69, 9.17) is 16.2 Å². The van der Waals surface area contributed by atoms with E-state index in [0.717, 1.165) is 5.56 Å². The van der Waals surface area contributed by atoms with E-state index in [9.17, 15) is 9.59 Å². The number of benzene rings is 1. The molecule has 1 atom stereocenters. The van der Waals surface area contributed by atoms with Gasteiger partial charge in [-0.1, -0.05) is 6.07 Å². The molecule has 20 heavy (non-hydrogen) atoms. The van der Waals surface area contributed by atoms with Crippen molar-refractivity contribution in [3.8, 4) is 5.75 Å². The molecule has 1 aromatic carbocycles. The van der Waals surface area contributed by atoms with Gasteiger partial charge in [-0.15, -0.1) is 0 Å². The Hall–Kier alpha value is -2.08. The summed E-state index contributed by atoms with van der Waals surface area (Å²) in [5, 5.41) is 2.76. The Morgan fingerprint density at radius 3 is 3.00 bits per heavy atom. The molecule has 6 nitrogen and oxygen atoms in total. The average Bonchev–Trinajstić information content (AvgIpc) is 2.60. The Bertz CT molecular complexity index is 516. The normalized spacial score (nSPS) is 15.6. The van der Waals surface area contributed by atoms with Gasteiger partial charge in [0.1, 0.15) is 12.4 Å². The van der Waals surface area contributed by atoms with E-state index in [-0.39, 0.29) is 17.9 Å². The number of hydrogen-bond acceptors (Lipinski definition) is 4. The molecule has 0 radical (unpaired) electrons. The molecule has 1 aliphatic heterocycles. The molecule has 6 heteroatoms. The molecular weight excluding hydrogens is 258 g/mol. The van der Waals surface area contributed by atoms with Crippen LogP contribution in [-0.4, -0.2) is 25.0 Å².